The minimum atomic E-state index is -0.598. The smallest absolute Gasteiger partial charge is 0.341 e. The lowest BCUT2D eigenvalue weighted by Gasteiger charge is -2.10. The third kappa shape index (κ3) is 5.65. The molecule has 0 aliphatic heterocycles. The van der Waals surface area contributed by atoms with Crippen molar-refractivity contribution in [1.29, 1.82) is 0 Å². The highest BCUT2D eigenvalue weighted by atomic mass is 32.2. The molecular weight excluding hydrogens is 438 g/mol. The molecule has 2 aromatic rings. The van der Waals surface area contributed by atoms with Gasteiger partial charge in [0.2, 0.25) is 5.91 Å². The van der Waals surface area contributed by atoms with Gasteiger partial charge in [0.05, 0.1) is 23.3 Å². The zero-order chi connectivity index (χ0) is 23.3. The summed E-state index contributed by atoms with van der Waals surface area (Å²) in [7, 11) is 4.53. The molecule has 0 aliphatic carbocycles. The highest BCUT2D eigenvalue weighted by molar-refractivity contribution is 7.99. The molecular formula is C20H29N5O4S2. The van der Waals surface area contributed by atoms with Crippen molar-refractivity contribution in [3.05, 3.63) is 21.8 Å². The molecule has 2 amide bonds. The summed E-state index contributed by atoms with van der Waals surface area (Å²) in [5, 5.41) is 12.2. The third-order valence-electron chi connectivity index (χ3n) is 4.43. The summed E-state index contributed by atoms with van der Waals surface area (Å²) in [4.78, 5) is 39.2. The molecule has 0 bridgehead atoms. The van der Waals surface area contributed by atoms with Crippen LogP contribution in [0.4, 0.5) is 5.00 Å². The molecule has 2 aromatic heterocycles. The summed E-state index contributed by atoms with van der Waals surface area (Å²) in [6, 6.07) is 0. The molecule has 1 N–H and O–H groups in total. The Morgan fingerprint density at radius 3 is 2.48 bits per heavy atom. The Kier molecular flexibility index (Phi) is 8.63. The maximum Gasteiger partial charge on any atom is 0.341 e. The largest absolute Gasteiger partial charge is 0.465 e. The van der Waals surface area contributed by atoms with Crippen LogP contribution >= 0.6 is 23.1 Å². The maximum atomic E-state index is 12.7. The highest BCUT2D eigenvalue weighted by Gasteiger charge is 2.27. The van der Waals surface area contributed by atoms with Crippen LogP contribution in [0, 0.1) is 6.92 Å². The fraction of sp³-hybridized carbons (Fsp3) is 0.550. The van der Waals surface area contributed by atoms with Gasteiger partial charge in [-0.05, 0) is 18.9 Å². The molecule has 0 fully saturated rings. The number of aromatic nitrogens is 3. The van der Waals surface area contributed by atoms with Crippen LogP contribution in [0.1, 0.15) is 64.5 Å². The number of anilines is 1. The normalized spacial score (nSPS) is 11.0. The SMILES string of the molecule is CCCn1c(SCC(=O)Nc2sc(C(=O)N(C)C)c(C)c2C(=O)OC)nnc1C(C)C. The van der Waals surface area contributed by atoms with Crippen molar-refractivity contribution in [3.63, 3.8) is 0 Å². The zero-order valence-electron chi connectivity index (χ0n) is 18.9. The Bertz CT molecular complexity index is 965. The minimum absolute atomic E-state index is 0.0917. The third-order valence-corrected chi connectivity index (χ3v) is 6.59. The van der Waals surface area contributed by atoms with E-state index in [4.69, 9.17) is 4.74 Å². The van der Waals surface area contributed by atoms with Crippen LogP contribution in [0.5, 0.6) is 0 Å². The van der Waals surface area contributed by atoms with E-state index in [9.17, 15) is 14.4 Å². The van der Waals surface area contributed by atoms with E-state index in [1.165, 1.54) is 23.8 Å². The van der Waals surface area contributed by atoms with E-state index in [0.29, 0.717) is 20.6 Å². The van der Waals surface area contributed by atoms with Gasteiger partial charge < -0.3 is 19.5 Å². The summed E-state index contributed by atoms with van der Waals surface area (Å²) >= 11 is 2.35. The number of nitrogens with one attached hydrogen (secondary N) is 1. The van der Waals surface area contributed by atoms with Gasteiger partial charge in [-0.2, -0.15) is 0 Å². The first-order valence-electron chi connectivity index (χ1n) is 9.91. The molecule has 0 aromatic carbocycles. The van der Waals surface area contributed by atoms with E-state index in [1.54, 1.807) is 21.0 Å². The number of nitrogens with zero attached hydrogens (tertiary/aromatic N) is 4. The fourth-order valence-corrected chi connectivity index (χ4v) is 4.92. The minimum Gasteiger partial charge on any atom is -0.465 e. The Labute approximate surface area is 190 Å². The molecule has 0 spiro atoms. The molecule has 2 rings (SSSR count). The van der Waals surface area contributed by atoms with Crippen LogP contribution in [0.2, 0.25) is 0 Å². The predicted molar refractivity (Wildman–Crippen MR) is 122 cm³/mol. The second kappa shape index (κ2) is 10.8. The van der Waals surface area contributed by atoms with Crippen LogP contribution in [0.25, 0.3) is 0 Å². The van der Waals surface area contributed by atoms with Crippen LogP contribution in [-0.4, -0.2) is 64.4 Å². The quantitative estimate of drug-likeness (QED) is 0.445. The van der Waals surface area contributed by atoms with Gasteiger partial charge in [-0.15, -0.1) is 21.5 Å². The predicted octanol–water partition coefficient (Wildman–Crippen LogP) is 3.40. The number of methoxy groups -OCH3 is 1. The van der Waals surface area contributed by atoms with E-state index >= 15 is 0 Å². The lowest BCUT2D eigenvalue weighted by molar-refractivity contribution is -0.113. The summed E-state index contributed by atoms with van der Waals surface area (Å²) < 4.78 is 6.89. The van der Waals surface area contributed by atoms with E-state index in [-0.39, 0.29) is 29.0 Å². The van der Waals surface area contributed by atoms with Crippen LogP contribution < -0.4 is 5.32 Å². The maximum absolute atomic E-state index is 12.7. The van der Waals surface area contributed by atoms with Crippen molar-refractivity contribution >= 4 is 45.9 Å². The van der Waals surface area contributed by atoms with Crippen LogP contribution in [0.3, 0.4) is 0 Å². The fourth-order valence-electron chi connectivity index (χ4n) is 2.92. The standard InChI is InChI=1S/C20H29N5O4S2/c1-8-9-25-16(11(2)3)22-23-20(25)30-10-13(26)21-17-14(19(28)29-7)12(4)15(31-17)18(27)24(5)6/h11H,8-10H2,1-7H3,(H,21,26). The number of hydrogen-bond acceptors (Lipinski definition) is 8. The summed E-state index contributed by atoms with van der Waals surface area (Å²) in [5.41, 5.74) is 0.690. The van der Waals surface area contributed by atoms with Crippen molar-refractivity contribution in [1.82, 2.24) is 19.7 Å². The van der Waals surface area contributed by atoms with Crippen molar-refractivity contribution in [2.75, 3.05) is 32.3 Å². The van der Waals surface area contributed by atoms with Gasteiger partial charge >= 0.3 is 5.97 Å². The van der Waals surface area contributed by atoms with Gasteiger partial charge in [0, 0.05) is 26.6 Å². The first kappa shape index (κ1) is 24.9. The number of hydrogen-bond donors (Lipinski definition) is 1. The van der Waals surface area contributed by atoms with Crippen molar-refractivity contribution in [2.24, 2.45) is 0 Å². The molecule has 0 saturated heterocycles. The molecule has 9 nitrogen and oxygen atoms in total. The Balaban J connectivity index is 2.22. The van der Waals surface area contributed by atoms with Gasteiger partial charge in [0.1, 0.15) is 10.8 Å². The van der Waals surface area contributed by atoms with Crippen molar-refractivity contribution < 1.29 is 19.1 Å². The lowest BCUT2D eigenvalue weighted by atomic mass is 10.1. The second-order valence-electron chi connectivity index (χ2n) is 7.44. The van der Waals surface area contributed by atoms with Gasteiger partial charge in [-0.25, -0.2) is 4.79 Å². The van der Waals surface area contributed by atoms with E-state index < -0.39 is 5.97 Å². The monoisotopic (exact) mass is 467 g/mol. The van der Waals surface area contributed by atoms with Gasteiger partial charge in [0.15, 0.2) is 5.16 Å². The molecule has 0 radical (unpaired) electrons. The molecule has 170 valence electrons. The molecule has 0 aliphatic rings. The summed E-state index contributed by atoms with van der Waals surface area (Å²) in [6.45, 7) is 8.63. The molecule has 11 heteroatoms. The molecule has 0 saturated carbocycles. The lowest BCUT2D eigenvalue weighted by Crippen LogP contribution is -2.21. The number of carbonyl (C=O) groups excluding carboxylic acids is 3. The van der Waals surface area contributed by atoms with E-state index in [2.05, 4.69) is 36.3 Å². The zero-order valence-corrected chi connectivity index (χ0v) is 20.6. The van der Waals surface area contributed by atoms with Crippen molar-refractivity contribution in [2.45, 2.75) is 51.7 Å². The number of rotatable bonds is 9. The second-order valence-corrected chi connectivity index (χ2v) is 9.40. The number of thiophene rings is 1. The molecule has 2 heterocycles. The van der Waals surface area contributed by atoms with Gasteiger partial charge in [-0.3, -0.25) is 9.59 Å². The van der Waals surface area contributed by atoms with E-state index in [0.717, 1.165) is 30.1 Å². The first-order chi connectivity index (χ1) is 14.6. The molecule has 31 heavy (non-hydrogen) atoms. The number of ether oxygens (including phenoxy) is 1. The average molecular weight is 468 g/mol. The average Bonchev–Trinajstić information content (AvgIpc) is 3.26. The summed E-state index contributed by atoms with van der Waals surface area (Å²) in [6.07, 6.45) is 0.928. The molecule has 0 unspecified atom stereocenters. The number of thioether (sulfide) groups is 1. The van der Waals surface area contributed by atoms with Gasteiger partial charge in [-0.1, -0.05) is 32.5 Å². The Morgan fingerprint density at radius 2 is 1.94 bits per heavy atom. The van der Waals surface area contributed by atoms with E-state index in [1.807, 2.05) is 4.57 Å². The molecule has 0 atom stereocenters. The highest BCUT2D eigenvalue weighted by Crippen LogP contribution is 2.34. The first-order valence-corrected chi connectivity index (χ1v) is 11.7. The van der Waals surface area contributed by atoms with Crippen LogP contribution in [-0.2, 0) is 16.1 Å². The topological polar surface area (TPSA) is 106 Å². The Hall–Kier alpha value is -2.40. The van der Waals surface area contributed by atoms with Crippen molar-refractivity contribution in [3.8, 4) is 0 Å². The summed E-state index contributed by atoms with van der Waals surface area (Å²) in [5.74, 6) is 0.0618. The number of amides is 2. The van der Waals surface area contributed by atoms with Gasteiger partial charge in [0.25, 0.3) is 5.91 Å². The van der Waals surface area contributed by atoms with Crippen LogP contribution in [0.15, 0.2) is 5.16 Å². The number of esters is 1. The number of carbonyl (C=O) groups is 3. The Morgan fingerprint density at radius 1 is 1.26 bits per heavy atom.